The highest BCUT2D eigenvalue weighted by molar-refractivity contribution is 5.93. The lowest BCUT2D eigenvalue weighted by molar-refractivity contribution is 1.44. The van der Waals surface area contributed by atoms with Gasteiger partial charge in [0.1, 0.15) is 0 Å². The molecule has 0 aliphatic rings. The summed E-state index contributed by atoms with van der Waals surface area (Å²) in [7, 11) is 0. The van der Waals surface area contributed by atoms with Gasteiger partial charge in [0.05, 0.1) is 0 Å². The Kier molecular flexibility index (Phi) is 9.20. The number of aryl methyl sites for hydroxylation is 1. The molecule has 0 amide bonds. The van der Waals surface area contributed by atoms with Gasteiger partial charge in [0.15, 0.2) is 0 Å². The third kappa shape index (κ3) is 7.44. The van der Waals surface area contributed by atoms with Crippen molar-refractivity contribution in [1.82, 2.24) is 0 Å². The highest BCUT2D eigenvalue weighted by Crippen LogP contribution is 2.32. The molecule has 1 nitrogen and oxygen atoms in total. The molecular weight excluding hydrogens is 579 g/mol. The zero-order valence-electron chi connectivity index (χ0n) is 27.1. The van der Waals surface area contributed by atoms with E-state index in [4.69, 9.17) is 0 Å². The second-order valence-corrected chi connectivity index (χ2v) is 12.0. The Labute approximate surface area is 284 Å². The van der Waals surface area contributed by atoms with E-state index in [9.17, 15) is 0 Å². The minimum atomic E-state index is 1.06. The molecule has 0 bridgehead atoms. The fraction of sp³-hybridized carbons (Fsp3) is 0.0213. The van der Waals surface area contributed by atoms with Crippen LogP contribution in [-0.2, 0) is 0 Å². The molecule has 0 aromatic heterocycles. The maximum Gasteiger partial charge on any atom is 0.0384 e. The van der Waals surface area contributed by atoms with Gasteiger partial charge in [-0.2, -0.15) is 0 Å². The van der Waals surface area contributed by atoms with Crippen LogP contribution in [0.5, 0.6) is 0 Å². The van der Waals surface area contributed by atoms with Gasteiger partial charge in [-0.15, -0.1) is 0 Å². The molecule has 0 saturated carbocycles. The van der Waals surface area contributed by atoms with Crippen molar-refractivity contribution < 1.29 is 0 Å². The van der Waals surface area contributed by atoms with Crippen molar-refractivity contribution in [1.29, 1.82) is 0 Å². The van der Waals surface area contributed by atoms with Crippen molar-refractivity contribution >= 4 is 34.7 Å². The number of nitrogens with one attached hydrogen (secondary N) is 1. The maximum atomic E-state index is 3.48. The first-order chi connectivity index (χ1) is 23.7. The van der Waals surface area contributed by atoms with Crippen molar-refractivity contribution in [2.45, 2.75) is 6.92 Å². The first-order valence-electron chi connectivity index (χ1n) is 16.4. The fourth-order valence-corrected chi connectivity index (χ4v) is 6.04. The van der Waals surface area contributed by atoms with Gasteiger partial charge in [0.2, 0.25) is 0 Å². The van der Waals surface area contributed by atoms with E-state index in [0.29, 0.717) is 0 Å². The SMILES string of the molecule is Cc1cccc(C(=Cc2ccc(-c3cccc(C(=Cc4ccc(Nc5ccccc5)cc4)c4ccccc4)c3)cc2)c2ccccc2)c1. The zero-order chi connectivity index (χ0) is 32.5. The van der Waals surface area contributed by atoms with Gasteiger partial charge in [-0.1, -0.05) is 163 Å². The van der Waals surface area contributed by atoms with Gasteiger partial charge < -0.3 is 5.32 Å². The van der Waals surface area contributed by atoms with Crippen molar-refractivity contribution in [3.05, 3.63) is 227 Å². The third-order valence-corrected chi connectivity index (χ3v) is 8.51. The van der Waals surface area contributed by atoms with Crippen molar-refractivity contribution in [3.8, 4) is 11.1 Å². The molecule has 0 aliphatic carbocycles. The summed E-state index contributed by atoms with van der Waals surface area (Å²) in [4.78, 5) is 0. The normalized spacial score (nSPS) is 11.7. The van der Waals surface area contributed by atoms with E-state index >= 15 is 0 Å². The molecule has 0 fully saturated rings. The van der Waals surface area contributed by atoms with Crippen molar-refractivity contribution in [2.24, 2.45) is 0 Å². The molecular formula is C47H37N. The first kappa shape index (κ1) is 30.5. The Balaban J connectivity index is 1.19. The van der Waals surface area contributed by atoms with Crippen LogP contribution in [0.1, 0.15) is 38.9 Å². The molecule has 0 saturated heterocycles. The van der Waals surface area contributed by atoms with Gasteiger partial charge in [-0.05, 0) is 105 Å². The minimum Gasteiger partial charge on any atom is -0.356 e. The minimum absolute atomic E-state index is 1.06. The Morgan fingerprint density at radius 1 is 0.375 bits per heavy atom. The van der Waals surface area contributed by atoms with Crippen LogP contribution >= 0.6 is 0 Å². The van der Waals surface area contributed by atoms with Gasteiger partial charge in [0, 0.05) is 11.4 Å². The topological polar surface area (TPSA) is 12.0 Å². The number of hydrogen-bond donors (Lipinski definition) is 1. The number of hydrogen-bond acceptors (Lipinski definition) is 1. The Morgan fingerprint density at radius 2 is 0.833 bits per heavy atom. The molecule has 1 N–H and O–H groups in total. The quantitative estimate of drug-likeness (QED) is 0.159. The summed E-state index contributed by atoms with van der Waals surface area (Å²) < 4.78 is 0. The summed E-state index contributed by atoms with van der Waals surface area (Å²) in [6, 6.07) is 66.7. The lowest BCUT2D eigenvalue weighted by atomic mass is 9.92. The van der Waals surface area contributed by atoms with Crippen LogP contribution in [0.25, 0.3) is 34.4 Å². The van der Waals surface area contributed by atoms with E-state index in [2.05, 4.69) is 194 Å². The average Bonchev–Trinajstić information content (AvgIpc) is 3.15. The number of benzene rings is 7. The molecule has 7 aromatic rings. The van der Waals surface area contributed by atoms with E-state index in [1.165, 1.54) is 55.7 Å². The highest BCUT2D eigenvalue weighted by Gasteiger charge is 2.09. The smallest absolute Gasteiger partial charge is 0.0384 e. The summed E-state index contributed by atoms with van der Waals surface area (Å²) in [5, 5.41) is 3.48. The van der Waals surface area contributed by atoms with Crippen LogP contribution in [0.15, 0.2) is 188 Å². The Morgan fingerprint density at radius 3 is 1.40 bits per heavy atom. The molecule has 48 heavy (non-hydrogen) atoms. The summed E-state index contributed by atoms with van der Waals surface area (Å²) in [5.41, 5.74) is 15.3. The molecule has 1 heteroatoms. The Bertz CT molecular complexity index is 2160. The lowest BCUT2D eigenvalue weighted by Gasteiger charge is -2.12. The van der Waals surface area contributed by atoms with Crippen LogP contribution in [0.3, 0.4) is 0 Å². The summed E-state index contributed by atoms with van der Waals surface area (Å²) in [5.74, 6) is 0. The molecule has 0 atom stereocenters. The zero-order valence-corrected chi connectivity index (χ0v) is 27.1. The van der Waals surface area contributed by atoms with Crippen molar-refractivity contribution in [2.75, 3.05) is 5.32 Å². The second kappa shape index (κ2) is 14.5. The molecule has 230 valence electrons. The molecule has 0 aliphatic heterocycles. The summed E-state index contributed by atoms with van der Waals surface area (Å²) in [6.07, 6.45) is 4.58. The third-order valence-electron chi connectivity index (χ3n) is 8.51. The van der Waals surface area contributed by atoms with E-state index in [1.54, 1.807) is 0 Å². The predicted molar refractivity (Wildman–Crippen MR) is 206 cm³/mol. The van der Waals surface area contributed by atoms with Gasteiger partial charge in [-0.25, -0.2) is 0 Å². The summed E-state index contributed by atoms with van der Waals surface area (Å²) >= 11 is 0. The van der Waals surface area contributed by atoms with Crippen LogP contribution in [0.4, 0.5) is 11.4 Å². The monoisotopic (exact) mass is 615 g/mol. The predicted octanol–water partition coefficient (Wildman–Crippen LogP) is 12.6. The molecule has 0 heterocycles. The second-order valence-electron chi connectivity index (χ2n) is 12.0. The van der Waals surface area contributed by atoms with Crippen LogP contribution < -0.4 is 5.32 Å². The van der Waals surface area contributed by atoms with Gasteiger partial charge >= 0.3 is 0 Å². The standard InChI is InChI=1S/C47H37N/c1-35-13-11-19-42(31-35)46(39-14-5-2-6-15-39)32-36-23-27-38(28-24-36)41-18-12-20-43(34-41)47(40-16-7-3-8-17-40)33-37-25-29-45(30-26-37)48-44-21-9-4-10-22-44/h2-34,48H,1H3. The largest absolute Gasteiger partial charge is 0.356 e. The van der Waals surface area contributed by atoms with E-state index < -0.39 is 0 Å². The fourth-order valence-electron chi connectivity index (χ4n) is 6.04. The number of rotatable bonds is 9. The Hall–Kier alpha value is -6.18. The highest BCUT2D eigenvalue weighted by atomic mass is 14.9. The molecule has 7 aromatic carbocycles. The van der Waals surface area contributed by atoms with Crippen LogP contribution in [0.2, 0.25) is 0 Å². The van der Waals surface area contributed by atoms with Crippen LogP contribution in [-0.4, -0.2) is 0 Å². The lowest BCUT2D eigenvalue weighted by Crippen LogP contribution is -1.91. The number of para-hydroxylation sites is 1. The maximum absolute atomic E-state index is 3.48. The molecule has 7 rings (SSSR count). The summed E-state index contributed by atoms with van der Waals surface area (Å²) in [6.45, 7) is 2.15. The van der Waals surface area contributed by atoms with Crippen molar-refractivity contribution in [3.63, 3.8) is 0 Å². The van der Waals surface area contributed by atoms with Gasteiger partial charge in [0.25, 0.3) is 0 Å². The van der Waals surface area contributed by atoms with E-state index in [0.717, 1.165) is 16.9 Å². The molecule has 0 unspecified atom stereocenters. The average molecular weight is 616 g/mol. The van der Waals surface area contributed by atoms with Gasteiger partial charge in [-0.3, -0.25) is 0 Å². The van der Waals surface area contributed by atoms with E-state index in [-0.39, 0.29) is 0 Å². The van der Waals surface area contributed by atoms with Crippen LogP contribution in [0, 0.1) is 6.92 Å². The van der Waals surface area contributed by atoms with E-state index in [1.807, 2.05) is 18.2 Å². The molecule has 0 spiro atoms. The first-order valence-corrected chi connectivity index (χ1v) is 16.4. The molecule has 0 radical (unpaired) electrons. The number of anilines is 2.